The number of nitrogens with zero attached hydrogens (tertiary/aromatic N) is 2. The zero-order valence-corrected chi connectivity index (χ0v) is 13.6. The number of hydrogen-bond acceptors (Lipinski definition) is 7. The average molecular weight is 343 g/mol. The Hall–Kier alpha value is -1.26. The molecule has 7 nitrogen and oxygen atoms in total. The highest BCUT2D eigenvalue weighted by Crippen LogP contribution is 2.30. The molecule has 1 aliphatic rings. The van der Waals surface area contributed by atoms with Crippen molar-refractivity contribution in [3.63, 3.8) is 0 Å². The Labute approximate surface area is 132 Å². The molecule has 2 atom stereocenters. The van der Waals surface area contributed by atoms with Crippen LogP contribution in [-0.2, 0) is 10.0 Å². The number of thiophene rings is 1. The molecule has 3 rings (SSSR count). The maximum absolute atomic E-state index is 12.4. The molecule has 0 aromatic carbocycles. The van der Waals surface area contributed by atoms with Crippen molar-refractivity contribution in [2.45, 2.75) is 22.7 Å². The molecule has 2 aromatic heterocycles. The second-order valence-electron chi connectivity index (χ2n) is 5.31. The minimum Gasteiger partial charge on any atom is -0.443 e. The first-order chi connectivity index (χ1) is 10.5. The number of aromatic nitrogens is 1. The van der Waals surface area contributed by atoms with Crippen LogP contribution in [-0.4, -0.2) is 55.7 Å². The molecular weight excluding hydrogens is 326 g/mol. The van der Waals surface area contributed by atoms with Gasteiger partial charge in [0.15, 0.2) is 12.2 Å². The maximum Gasteiger partial charge on any atom is 0.250 e. The van der Waals surface area contributed by atoms with E-state index < -0.39 is 10.0 Å². The van der Waals surface area contributed by atoms with E-state index in [4.69, 9.17) is 4.42 Å². The number of likely N-dealkylation sites (N-methyl/N-ethyl adjacent to an activating group) is 1. The van der Waals surface area contributed by atoms with Crippen molar-refractivity contribution in [2.24, 2.45) is 0 Å². The zero-order chi connectivity index (χ0) is 15.7. The molecule has 0 spiro atoms. The van der Waals surface area contributed by atoms with Gasteiger partial charge in [-0.3, -0.25) is 4.90 Å². The summed E-state index contributed by atoms with van der Waals surface area (Å²) in [4.78, 5) is 6.50. The molecule has 0 amide bonds. The Balaban J connectivity index is 1.74. The van der Waals surface area contributed by atoms with Gasteiger partial charge >= 0.3 is 0 Å². The van der Waals surface area contributed by atoms with Gasteiger partial charge in [-0.25, -0.2) is 18.1 Å². The predicted octanol–water partition coefficient (Wildman–Crippen LogP) is 0.746. The van der Waals surface area contributed by atoms with Crippen LogP contribution in [0.5, 0.6) is 0 Å². The van der Waals surface area contributed by atoms with Crippen molar-refractivity contribution >= 4 is 21.4 Å². The lowest BCUT2D eigenvalue weighted by Gasteiger charge is -2.15. The van der Waals surface area contributed by atoms with Crippen LogP contribution >= 0.6 is 11.3 Å². The summed E-state index contributed by atoms with van der Waals surface area (Å²) in [6.45, 7) is 0.619. The number of nitrogens with one attached hydrogen (secondary N) is 1. The normalized spacial score (nSPS) is 23.2. The second-order valence-corrected chi connectivity index (χ2v) is 8.34. The Bertz CT molecular complexity index is 726. The average Bonchev–Trinajstić information content (AvgIpc) is 3.17. The first-order valence-electron chi connectivity index (χ1n) is 6.81. The van der Waals surface area contributed by atoms with Crippen LogP contribution in [0.25, 0.3) is 10.6 Å². The molecule has 1 aliphatic heterocycles. The van der Waals surface area contributed by atoms with Crippen LogP contribution in [0, 0.1) is 0 Å². The largest absolute Gasteiger partial charge is 0.443 e. The van der Waals surface area contributed by atoms with Crippen LogP contribution in [0.3, 0.4) is 0 Å². The van der Waals surface area contributed by atoms with Gasteiger partial charge in [0.2, 0.25) is 10.0 Å². The number of sulfonamides is 1. The zero-order valence-electron chi connectivity index (χ0n) is 12.0. The lowest BCUT2D eigenvalue weighted by Crippen LogP contribution is -2.36. The fraction of sp³-hybridized carbons (Fsp3) is 0.462. The molecule has 1 saturated heterocycles. The van der Waals surface area contributed by atoms with Gasteiger partial charge in [-0.1, -0.05) is 0 Å². The Morgan fingerprint density at radius 2 is 2.36 bits per heavy atom. The molecule has 1 fully saturated rings. The molecule has 2 N–H and O–H groups in total. The van der Waals surface area contributed by atoms with Crippen molar-refractivity contribution in [3.8, 4) is 10.6 Å². The molecule has 0 aliphatic carbocycles. The van der Waals surface area contributed by atoms with E-state index in [9.17, 15) is 13.5 Å². The Kier molecular flexibility index (Phi) is 4.33. The molecule has 2 aromatic rings. The summed E-state index contributed by atoms with van der Waals surface area (Å²) in [5, 5.41) is 9.25. The highest BCUT2D eigenvalue weighted by molar-refractivity contribution is 7.91. The van der Waals surface area contributed by atoms with E-state index in [1.54, 1.807) is 18.3 Å². The minimum atomic E-state index is -3.57. The molecule has 120 valence electrons. The monoisotopic (exact) mass is 343 g/mol. The van der Waals surface area contributed by atoms with E-state index >= 15 is 0 Å². The van der Waals surface area contributed by atoms with E-state index in [2.05, 4.69) is 9.71 Å². The highest BCUT2D eigenvalue weighted by atomic mass is 32.2. The third-order valence-corrected chi connectivity index (χ3v) is 6.85. The molecule has 0 unspecified atom stereocenters. The number of rotatable bonds is 5. The number of oxazole rings is 1. The number of likely N-dealkylation sites (tertiary alicyclic amines) is 1. The van der Waals surface area contributed by atoms with Crippen molar-refractivity contribution in [2.75, 3.05) is 20.2 Å². The number of aliphatic hydroxyl groups is 1. The van der Waals surface area contributed by atoms with Crippen molar-refractivity contribution in [1.82, 2.24) is 14.6 Å². The third kappa shape index (κ3) is 3.08. The van der Waals surface area contributed by atoms with Crippen LogP contribution < -0.4 is 4.72 Å². The van der Waals surface area contributed by atoms with Gasteiger partial charge in [0.25, 0.3) is 0 Å². The van der Waals surface area contributed by atoms with Gasteiger partial charge < -0.3 is 9.52 Å². The summed E-state index contributed by atoms with van der Waals surface area (Å²) in [5.74, 6) is 0.549. The molecular formula is C13H17N3O4S2. The quantitative estimate of drug-likeness (QED) is 0.832. The maximum atomic E-state index is 12.4. The van der Waals surface area contributed by atoms with Crippen LogP contribution in [0.1, 0.15) is 6.42 Å². The lowest BCUT2D eigenvalue weighted by atomic mass is 10.2. The minimum absolute atomic E-state index is 0.000731. The summed E-state index contributed by atoms with van der Waals surface area (Å²) in [5.41, 5.74) is 0. The van der Waals surface area contributed by atoms with Crippen molar-refractivity contribution < 1.29 is 17.9 Å². The van der Waals surface area contributed by atoms with Gasteiger partial charge in [-0.05, 0) is 25.6 Å². The molecule has 3 heterocycles. The van der Waals surface area contributed by atoms with E-state index in [0.717, 1.165) is 16.2 Å². The van der Waals surface area contributed by atoms with E-state index in [1.165, 1.54) is 6.39 Å². The summed E-state index contributed by atoms with van der Waals surface area (Å²) < 4.78 is 33.0. The number of aliphatic hydroxyl groups excluding tert-OH is 1. The van der Waals surface area contributed by atoms with Gasteiger partial charge in [-0.15, -0.1) is 11.3 Å². The van der Waals surface area contributed by atoms with E-state index in [-0.39, 0.29) is 22.9 Å². The van der Waals surface area contributed by atoms with E-state index in [0.29, 0.717) is 18.7 Å². The standard InChI is InChI=1S/C13H17N3O4S2/c1-16-6-9(4-10(16)7-17)15-22(18,19)13-3-2-12(21-13)11-5-14-8-20-11/h2-3,5,8-10,15,17H,4,6-7H2,1H3/t9-,10+/m1/s1. The number of hydrogen-bond donors (Lipinski definition) is 2. The summed E-state index contributed by atoms with van der Waals surface area (Å²) in [6.07, 6.45) is 3.46. The molecule has 0 radical (unpaired) electrons. The lowest BCUT2D eigenvalue weighted by molar-refractivity contribution is 0.182. The van der Waals surface area contributed by atoms with Gasteiger partial charge in [0, 0.05) is 18.6 Å². The SMILES string of the molecule is CN1C[C@H](NS(=O)(=O)c2ccc(-c3cnco3)s2)C[C@H]1CO. The van der Waals surface area contributed by atoms with Crippen molar-refractivity contribution in [1.29, 1.82) is 0 Å². The highest BCUT2D eigenvalue weighted by Gasteiger charge is 2.32. The Morgan fingerprint density at radius 1 is 1.55 bits per heavy atom. The van der Waals surface area contributed by atoms with E-state index in [1.807, 2.05) is 11.9 Å². The summed E-state index contributed by atoms with van der Waals surface area (Å²) in [6, 6.07) is 3.08. The molecule has 9 heteroatoms. The Morgan fingerprint density at radius 3 is 3.00 bits per heavy atom. The van der Waals surface area contributed by atoms with Crippen LogP contribution in [0.15, 0.2) is 33.3 Å². The van der Waals surface area contributed by atoms with Crippen molar-refractivity contribution in [3.05, 3.63) is 24.7 Å². The van der Waals surface area contributed by atoms with Crippen LogP contribution in [0.2, 0.25) is 0 Å². The molecule has 0 bridgehead atoms. The fourth-order valence-corrected chi connectivity index (χ4v) is 5.11. The third-order valence-electron chi connectivity index (χ3n) is 3.74. The van der Waals surface area contributed by atoms with Gasteiger partial charge in [-0.2, -0.15) is 0 Å². The van der Waals surface area contributed by atoms with Crippen LogP contribution in [0.4, 0.5) is 0 Å². The smallest absolute Gasteiger partial charge is 0.250 e. The fourth-order valence-electron chi connectivity index (χ4n) is 2.59. The van der Waals surface area contributed by atoms with Gasteiger partial charge in [0.05, 0.1) is 17.7 Å². The molecule has 0 saturated carbocycles. The topological polar surface area (TPSA) is 95.7 Å². The summed E-state index contributed by atoms with van der Waals surface area (Å²) >= 11 is 1.14. The summed E-state index contributed by atoms with van der Waals surface area (Å²) in [7, 11) is -1.69. The predicted molar refractivity (Wildman–Crippen MR) is 82.0 cm³/mol. The molecule has 22 heavy (non-hydrogen) atoms. The second kappa shape index (κ2) is 6.09. The first-order valence-corrected chi connectivity index (χ1v) is 9.11. The van der Waals surface area contributed by atoms with Gasteiger partial charge in [0.1, 0.15) is 4.21 Å². The first kappa shape index (κ1) is 15.6.